The number of amides is 5. The molecular formula is C41H56N6O9. The van der Waals surface area contributed by atoms with Crippen LogP contribution in [0.25, 0.3) is 12.2 Å². The molecule has 0 fully saturated rings. The SMILES string of the molecule is COc1ccc(/C=C\c2cc(OC)c(OC)c(OC)c2)cc1NC(=O)OCc1ccc(NC(=O)[C@H](CCCNC(N)=O)NC(=O)[C@@H](NC(C)(C)C)C(C)C)cc1. The summed E-state index contributed by atoms with van der Waals surface area (Å²) in [5.41, 5.74) is 7.98. The van der Waals surface area contributed by atoms with Gasteiger partial charge >= 0.3 is 12.1 Å². The Morgan fingerprint density at radius 2 is 1.39 bits per heavy atom. The topological polar surface area (TPSA) is 201 Å². The molecule has 0 aliphatic rings. The monoisotopic (exact) mass is 776 g/mol. The molecule has 0 saturated carbocycles. The second kappa shape index (κ2) is 21.2. The van der Waals surface area contributed by atoms with Crippen molar-refractivity contribution < 1.29 is 42.9 Å². The van der Waals surface area contributed by atoms with E-state index in [9.17, 15) is 19.2 Å². The predicted octanol–water partition coefficient (Wildman–Crippen LogP) is 5.92. The Balaban J connectivity index is 1.64. The standard InChI is InChI=1S/C41H56N6O9/c1-25(2)35(47-41(3,4)5)38(49)45-30(11-10-20-43-39(42)50)37(48)44-29-17-14-27(15-18-29)24-56-40(51)46-31-21-26(16-19-32(31)52-6)12-13-28-22-33(53-7)36(55-9)34(23-28)54-8/h12-19,21-23,25,30,35,47H,10-11,20,24H2,1-9H3,(H,44,48)(H,45,49)(H,46,51)(H3,42,43,50)/b13-12-/t30-,35-/m0/s1. The Labute approximate surface area is 329 Å². The number of rotatable bonds is 19. The van der Waals surface area contributed by atoms with Crippen LogP contribution in [-0.2, 0) is 20.9 Å². The first-order valence-corrected chi connectivity index (χ1v) is 18.2. The number of hydrogen-bond donors (Lipinski definition) is 6. The second-order valence-electron chi connectivity index (χ2n) is 14.2. The first-order valence-electron chi connectivity index (χ1n) is 18.2. The number of ether oxygens (including phenoxy) is 5. The summed E-state index contributed by atoms with van der Waals surface area (Å²) in [6.07, 6.45) is 3.70. The molecule has 0 saturated heterocycles. The van der Waals surface area contributed by atoms with Gasteiger partial charge in [0.1, 0.15) is 18.4 Å². The van der Waals surface area contributed by atoms with Crippen LogP contribution in [0.5, 0.6) is 23.0 Å². The summed E-state index contributed by atoms with van der Waals surface area (Å²) in [5, 5.41) is 14.3. The Morgan fingerprint density at radius 3 is 1.95 bits per heavy atom. The van der Waals surface area contributed by atoms with Gasteiger partial charge in [-0.3, -0.25) is 14.9 Å². The lowest BCUT2D eigenvalue weighted by molar-refractivity contribution is -0.129. The summed E-state index contributed by atoms with van der Waals surface area (Å²) >= 11 is 0. The summed E-state index contributed by atoms with van der Waals surface area (Å²) in [7, 11) is 6.14. The van der Waals surface area contributed by atoms with Gasteiger partial charge in [-0.05, 0) is 92.6 Å². The number of hydrogen-bond acceptors (Lipinski definition) is 10. The fourth-order valence-electron chi connectivity index (χ4n) is 5.58. The van der Waals surface area contributed by atoms with E-state index in [2.05, 4.69) is 26.6 Å². The Hall–Kier alpha value is -5.96. The van der Waals surface area contributed by atoms with E-state index >= 15 is 0 Å². The molecule has 3 aromatic carbocycles. The number of primary amides is 1. The Kier molecular flexibility index (Phi) is 16.8. The minimum atomic E-state index is -0.882. The van der Waals surface area contributed by atoms with Crippen LogP contribution >= 0.6 is 0 Å². The quantitative estimate of drug-likeness (QED) is 0.0627. The number of carbonyl (C=O) groups is 4. The van der Waals surface area contributed by atoms with Crippen molar-refractivity contribution in [2.75, 3.05) is 45.6 Å². The molecule has 0 bridgehead atoms. The molecule has 15 heteroatoms. The Morgan fingerprint density at radius 1 is 0.768 bits per heavy atom. The van der Waals surface area contributed by atoms with Gasteiger partial charge in [-0.15, -0.1) is 0 Å². The number of methoxy groups -OCH3 is 4. The van der Waals surface area contributed by atoms with Crippen LogP contribution in [0.3, 0.4) is 0 Å². The zero-order valence-electron chi connectivity index (χ0n) is 33.7. The predicted molar refractivity (Wildman–Crippen MR) is 217 cm³/mol. The van der Waals surface area contributed by atoms with Gasteiger partial charge in [-0.25, -0.2) is 9.59 Å². The molecule has 0 aliphatic carbocycles. The summed E-state index contributed by atoms with van der Waals surface area (Å²) < 4.78 is 27.2. The van der Waals surface area contributed by atoms with Gasteiger partial charge in [0.15, 0.2) is 11.5 Å². The zero-order chi connectivity index (χ0) is 41.4. The minimum Gasteiger partial charge on any atom is -0.495 e. The van der Waals surface area contributed by atoms with E-state index < -0.39 is 30.1 Å². The summed E-state index contributed by atoms with van der Waals surface area (Å²) in [4.78, 5) is 50.8. The molecule has 304 valence electrons. The summed E-state index contributed by atoms with van der Waals surface area (Å²) in [5.74, 6) is 1.21. The van der Waals surface area contributed by atoms with Crippen molar-refractivity contribution in [3.05, 3.63) is 71.3 Å². The van der Waals surface area contributed by atoms with Gasteiger partial charge in [-0.2, -0.15) is 0 Å². The lowest BCUT2D eigenvalue weighted by Crippen LogP contribution is -2.57. The zero-order valence-corrected chi connectivity index (χ0v) is 33.7. The maximum Gasteiger partial charge on any atom is 0.412 e. The van der Waals surface area contributed by atoms with Gasteiger partial charge in [-0.1, -0.05) is 44.2 Å². The number of nitrogens with two attached hydrogens (primary N) is 1. The molecule has 0 aliphatic heterocycles. The van der Waals surface area contributed by atoms with Crippen LogP contribution in [0.2, 0.25) is 0 Å². The van der Waals surface area contributed by atoms with Crippen molar-refractivity contribution in [3.63, 3.8) is 0 Å². The van der Waals surface area contributed by atoms with Gasteiger partial charge in [0.05, 0.1) is 40.2 Å². The minimum absolute atomic E-state index is 0.0395. The van der Waals surface area contributed by atoms with Crippen LogP contribution < -0.4 is 51.3 Å². The number of urea groups is 1. The van der Waals surface area contributed by atoms with Crippen LogP contribution in [0.15, 0.2) is 54.6 Å². The van der Waals surface area contributed by atoms with E-state index in [1.54, 1.807) is 57.7 Å². The van der Waals surface area contributed by atoms with Crippen molar-refractivity contribution in [2.24, 2.45) is 11.7 Å². The number of nitrogens with one attached hydrogen (secondary N) is 5. The summed E-state index contributed by atoms with van der Waals surface area (Å²) in [6, 6.07) is 13.6. The highest BCUT2D eigenvalue weighted by atomic mass is 16.5. The van der Waals surface area contributed by atoms with Crippen LogP contribution in [0.4, 0.5) is 21.0 Å². The molecule has 5 amide bonds. The molecule has 3 rings (SSSR count). The lowest BCUT2D eigenvalue weighted by Gasteiger charge is -2.31. The van der Waals surface area contributed by atoms with Crippen molar-refractivity contribution in [2.45, 2.75) is 71.7 Å². The smallest absolute Gasteiger partial charge is 0.412 e. The molecular weight excluding hydrogens is 720 g/mol. The van der Waals surface area contributed by atoms with Gasteiger partial charge in [0.2, 0.25) is 17.6 Å². The highest BCUT2D eigenvalue weighted by Gasteiger charge is 2.30. The maximum absolute atomic E-state index is 13.4. The third-order valence-electron chi connectivity index (χ3n) is 8.35. The molecule has 0 aromatic heterocycles. The van der Waals surface area contributed by atoms with Crippen LogP contribution in [-0.4, -0.2) is 76.5 Å². The largest absolute Gasteiger partial charge is 0.495 e. The molecule has 7 N–H and O–H groups in total. The molecule has 3 aromatic rings. The van der Waals surface area contributed by atoms with Crippen molar-refractivity contribution >= 4 is 47.5 Å². The van der Waals surface area contributed by atoms with E-state index in [0.29, 0.717) is 46.4 Å². The average molecular weight is 777 g/mol. The molecule has 0 heterocycles. The van der Waals surface area contributed by atoms with E-state index in [4.69, 9.17) is 29.4 Å². The average Bonchev–Trinajstić information content (AvgIpc) is 3.15. The van der Waals surface area contributed by atoms with Gasteiger partial charge in [0.25, 0.3) is 0 Å². The highest BCUT2D eigenvalue weighted by Crippen LogP contribution is 2.38. The molecule has 0 spiro atoms. The maximum atomic E-state index is 13.4. The Bertz CT molecular complexity index is 1800. The molecule has 15 nitrogen and oxygen atoms in total. The van der Waals surface area contributed by atoms with Crippen molar-refractivity contribution in [1.29, 1.82) is 0 Å². The number of anilines is 2. The number of benzene rings is 3. The van der Waals surface area contributed by atoms with Gasteiger partial charge in [0, 0.05) is 17.8 Å². The first-order chi connectivity index (χ1) is 26.6. The molecule has 0 unspecified atom stereocenters. The van der Waals surface area contributed by atoms with Crippen molar-refractivity contribution in [3.8, 4) is 23.0 Å². The molecule has 56 heavy (non-hydrogen) atoms. The fourth-order valence-corrected chi connectivity index (χ4v) is 5.58. The third-order valence-corrected chi connectivity index (χ3v) is 8.35. The third kappa shape index (κ3) is 14.0. The van der Waals surface area contributed by atoms with Crippen LogP contribution in [0, 0.1) is 5.92 Å². The van der Waals surface area contributed by atoms with Crippen LogP contribution in [0.1, 0.15) is 64.2 Å². The normalized spacial score (nSPS) is 12.3. The second-order valence-corrected chi connectivity index (χ2v) is 14.2. The summed E-state index contributed by atoms with van der Waals surface area (Å²) in [6.45, 7) is 9.95. The van der Waals surface area contributed by atoms with E-state index in [1.807, 2.05) is 65.0 Å². The highest BCUT2D eigenvalue weighted by molar-refractivity contribution is 5.98. The first kappa shape index (κ1) is 44.4. The van der Waals surface area contributed by atoms with Crippen molar-refractivity contribution in [1.82, 2.24) is 16.0 Å². The molecule has 2 atom stereocenters. The van der Waals surface area contributed by atoms with E-state index in [-0.39, 0.29) is 36.9 Å². The fraction of sp³-hybridized carbons (Fsp3) is 0.415. The van der Waals surface area contributed by atoms with E-state index in [0.717, 1.165) is 11.1 Å². The van der Waals surface area contributed by atoms with E-state index in [1.165, 1.54) is 7.11 Å². The number of carbonyl (C=O) groups excluding carboxylic acids is 4. The lowest BCUT2D eigenvalue weighted by atomic mass is 9.98. The van der Waals surface area contributed by atoms with Gasteiger partial charge < -0.3 is 50.7 Å². The molecule has 0 radical (unpaired) electrons.